The summed E-state index contributed by atoms with van der Waals surface area (Å²) in [4.78, 5) is 29.4. The molecular formula is C38H41F2NO5. The van der Waals surface area contributed by atoms with Gasteiger partial charge in [-0.2, -0.15) is 0 Å². The Kier molecular flexibility index (Phi) is 7.70. The van der Waals surface area contributed by atoms with E-state index in [1.807, 2.05) is 27.7 Å². The van der Waals surface area contributed by atoms with E-state index in [4.69, 9.17) is 14.2 Å². The minimum Gasteiger partial charge on any atom is -0.490 e. The zero-order valence-corrected chi connectivity index (χ0v) is 27.2. The molecule has 242 valence electrons. The van der Waals surface area contributed by atoms with E-state index in [-0.39, 0.29) is 17.7 Å². The van der Waals surface area contributed by atoms with Gasteiger partial charge in [-0.15, -0.1) is 0 Å². The molecule has 0 N–H and O–H groups in total. The summed E-state index contributed by atoms with van der Waals surface area (Å²) in [6.45, 7) is 8.94. The minimum absolute atomic E-state index is 0.168. The monoisotopic (exact) mass is 629 g/mol. The lowest BCUT2D eigenvalue weighted by Crippen LogP contribution is -2.30. The Hall–Kier alpha value is -3.78. The van der Waals surface area contributed by atoms with Crippen LogP contribution in [0.4, 0.5) is 8.78 Å². The molecule has 4 aliphatic rings. The molecular weight excluding hydrogens is 588 g/mol. The van der Waals surface area contributed by atoms with Crippen molar-refractivity contribution in [1.82, 2.24) is 4.90 Å². The van der Waals surface area contributed by atoms with Gasteiger partial charge in [-0.25, -0.2) is 13.6 Å². The van der Waals surface area contributed by atoms with Gasteiger partial charge < -0.3 is 19.1 Å². The molecule has 2 aliphatic carbocycles. The van der Waals surface area contributed by atoms with Crippen LogP contribution >= 0.6 is 0 Å². The third kappa shape index (κ3) is 5.48. The van der Waals surface area contributed by atoms with Crippen LogP contribution in [0.25, 0.3) is 11.1 Å². The Balaban J connectivity index is 1.52. The van der Waals surface area contributed by atoms with E-state index in [1.165, 1.54) is 19.2 Å². The predicted octanol–water partition coefficient (Wildman–Crippen LogP) is 8.21. The van der Waals surface area contributed by atoms with Crippen molar-refractivity contribution in [2.45, 2.75) is 103 Å². The van der Waals surface area contributed by atoms with Gasteiger partial charge in [0.25, 0.3) is 5.91 Å². The third-order valence-electron chi connectivity index (χ3n) is 9.73. The summed E-state index contributed by atoms with van der Waals surface area (Å²) in [5.74, 6) is -0.947. The minimum atomic E-state index is -1.05. The van der Waals surface area contributed by atoms with Crippen LogP contribution in [-0.2, 0) is 33.8 Å². The number of halogens is 2. The van der Waals surface area contributed by atoms with Gasteiger partial charge >= 0.3 is 5.97 Å². The zero-order chi connectivity index (χ0) is 32.5. The van der Waals surface area contributed by atoms with Crippen molar-refractivity contribution in [2.75, 3.05) is 13.7 Å². The second kappa shape index (κ2) is 11.5. The number of amides is 1. The molecule has 0 saturated heterocycles. The molecule has 0 aromatic heterocycles. The number of benzene rings is 3. The van der Waals surface area contributed by atoms with E-state index >= 15 is 4.39 Å². The second-order valence-corrected chi connectivity index (χ2v) is 14.2. The van der Waals surface area contributed by atoms with Gasteiger partial charge in [0.1, 0.15) is 5.82 Å². The highest BCUT2D eigenvalue weighted by Gasteiger charge is 2.45. The summed E-state index contributed by atoms with van der Waals surface area (Å²) in [5, 5.41) is 0. The highest BCUT2D eigenvalue weighted by Crippen LogP contribution is 2.58. The number of nitrogens with zero attached hydrogens (tertiary/aromatic N) is 1. The molecule has 3 aromatic carbocycles. The molecule has 0 bridgehead atoms. The number of hydrogen-bond acceptors (Lipinski definition) is 5. The van der Waals surface area contributed by atoms with E-state index in [9.17, 15) is 14.0 Å². The quantitative estimate of drug-likeness (QED) is 0.247. The van der Waals surface area contributed by atoms with Crippen LogP contribution in [0, 0.1) is 18.6 Å². The summed E-state index contributed by atoms with van der Waals surface area (Å²) < 4.78 is 48.0. The molecule has 6 nitrogen and oxygen atoms in total. The number of ether oxygens (including phenoxy) is 3. The first-order chi connectivity index (χ1) is 22.0. The molecule has 7 rings (SSSR count). The first kappa shape index (κ1) is 30.9. The third-order valence-corrected chi connectivity index (χ3v) is 9.73. The summed E-state index contributed by atoms with van der Waals surface area (Å²) in [5.41, 5.74) is 7.90. The van der Waals surface area contributed by atoms with Crippen LogP contribution in [0.15, 0.2) is 30.3 Å². The van der Waals surface area contributed by atoms with Crippen molar-refractivity contribution >= 4 is 11.9 Å². The maximum Gasteiger partial charge on any atom is 0.339 e. The van der Waals surface area contributed by atoms with Crippen molar-refractivity contribution in [2.24, 2.45) is 0 Å². The van der Waals surface area contributed by atoms with Crippen LogP contribution in [0.1, 0.15) is 120 Å². The Labute approximate surface area is 269 Å². The van der Waals surface area contributed by atoms with Crippen molar-refractivity contribution < 1.29 is 32.6 Å². The molecule has 0 radical (unpaired) electrons. The second-order valence-electron chi connectivity index (χ2n) is 14.2. The number of carbonyl (C=O) groups is 2. The Morgan fingerprint density at radius 2 is 1.65 bits per heavy atom. The van der Waals surface area contributed by atoms with Crippen LogP contribution in [0.3, 0.4) is 0 Å². The molecule has 8 heteroatoms. The normalized spacial score (nSPS) is 18.1. The van der Waals surface area contributed by atoms with Gasteiger partial charge in [0.2, 0.25) is 0 Å². The lowest BCUT2D eigenvalue weighted by molar-refractivity contribution is -0.164. The van der Waals surface area contributed by atoms with Gasteiger partial charge in [0, 0.05) is 29.8 Å². The van der Waals surface area contributed by atoms with Crippen molar-refractivity contribution in [1.29, 1.82) is 0 Å². The van der Waals surface area contributed by atoms with Crippen molar-refractivity contribution in [3.05, 3.63) is 86.5 Å². The van der Waals surface area contributed by atoms with Crippen LogP contribution in [0.5, 0.6) is 5.75 Å². The number of fused-ring (bicyclic) bond motifs is 2. The topological polar surface area (TPSA) is 65.1 Å². The molecule has 2 fully saturated rings. The molecule has 0 spiro atoms. The first-order valence-corrected chi connectivity index (χ1v) is 16.4. The maximum atomic E-state index is 16.0. The molecule has 2 heterocycles. The van der Waals surface area contributed by atoms with Gasteiger partial charge in [0.05, 0.1) is 19.3 Å². The molecule has 1 atom stereocenters. The maximum absolute atomic E-state index is 16.0. The van der Waals surface area contributed by atoms with Crippen molar-refractivity contribution in [3.8, 4) is 16.9 Å². The van der Waals surface area contributed by atoms with Crippen LogP contribution in [0.2, 0.25) is 0 Å². The number of methoxy groups -OCH3 is 1. The average Bonchev–Trinajstić information content (AvgIpc) is 3.97. The Morgan fingerprint density at radius 1 is 0.978 bits per heavy atom. The summed E-state index contributed by atoms with van der Waals surface area (Å²) in [6.07, 6.45) is 4.24. The van der Waals surface area contributed by atoms with E-state index in [2.05, 4.69) is 0 Å². The highest BCUT2D eigenvalue weighted by atomic mass is 19.1. The lowest BCUT2D eigenvalue weighted by Gasteiger charge is -2.33. The van der Waals surface area contributed by atoms with E-state index in [0.717, 1.165) is 82.2 Å². The standard InChI is InChI=1S/C38H41F2NO5/c1-20-25-10-7-15-45-34(25)29(40)17-26(20)32-30(21-11-12-21)27-18-41(36(42)23-8-6-9-24(39)16-23)19-28(27)31(22-13-14-22)33(32)35(37(43)44-5)46-38(2,3)4/h6,8-9,16-17,21-22,35H,7,10-15,18-19H2,1-5H3/t35-/m0/s1. The zero-order valence-electron chi connectivity index (χ0n) is 27.2. The number of rotatable bonds is 7. The largest absolute Gasteiger partial charge is 0.490 e. The van der Waals surface area contributed by atoms with Gasteiger partial charge in [-0.3, -0.25) is 4.79 Å². The van der Waals surface area contributed by atoms with Gasteiger partial charge in [-0.05, 0) is 141 Å². The molecule has 1 amide bonds. The number of hydrogen-bond donors (Lipinski definition) is 0. The molecule has 2 saturated carbocycles. The molecule has 46 heavy (non-hydrogen) atoms. The molecule has 0 unspecified atom stereocenters. The van der Waals surface area contributed by atoms with E-state index < -0.39 is 29.3 Å². The summed E-state index contributed by atoms with van der Waals surface area (Å²) in [7, 11) is 1.37. The smallest absolute Gasteiger partial charge is 0.339 e. The summed E-state index contributed by atoms with van der Waals surface area (Å²) in [6, 6.07) is 7.37. The fraction of sp³-hybridized carbons (Fsp3) is 0.474. The molecule has 3 aromatic rings. The number of carbonyl (C=O) groups excluding carboxylic acids is 2. The van der Waals surface area contributed by atoms with Crippen LogP contribution in [-0.4, -0.2) is 36.1 Å². The fourth-order valence-corrected chi connectivity index (χ4v) is 7.49. The fourth-order valence-electron chi connectivity index (χ4n) is 7.49. The van der Waals surface area contributed by atoms with Gasteiger partial charge in [0.15, 0.2) is 17.7 Å². The Morgan fingerprint density at radius 3 is 2.28 bits per heavy atom. The Bertz CT molecular complexity index is 1750. The summed E-state index contributed by atoms with van der Waals surface area (Å²) >= 11 is 0. The lowest BCUT2D eigenvalue weighted by atomic mass is 9.77. The number of esters is 1. The van der Waals surface area contributed by atoms with Crippen molar-refractivity contribution in [3.63, 3.8) is 0 Å². The van der Waals surface area contributed by atoms with E-state index in [1.54, 1.807) is 23.1 Å². The first-order valence-electron chi connectivity index (χ1n) is 16.4. The highest BCUT2D eigenvalue weighted by molar-refractivity contribution is 5.95. The van der Waals surface area contributed by atoms with Gasteiger partial charge in [-0.1, -0.05) is 6.07 Å². The molecule has 2 aliphatic heterocycles. The SMILES string of the molecule is COC(=O)[C@@H](OC(C)(C)C)c1c(-c2cc(F)c3c(c2C)CCCO3)c(C2CC2)c2c(c1C1CC1)CN(C(=O)c1cccc(F)c1)C2. The average molecular weight is 630 g/mol. The predicted molar refractivity (Wildman–Crippen MR) is 170 cm³/mol. The van der Waals surface area contributed by atoms with E-state index in [0.29, 0.717) is 37.4 Å². The van der Waals surface area contributed by atoms with Crippen LogP contribution < -0.4 is 4.74 Å².